The Hall–Kier alpha value is -1.02. The van der Waals surface area contributed by atoms with Crippen molar-refractivity contribution in [3.8, 4) is 5.75 Å². The van der Waals surface area contributed by atoms with Crippen LogP contribution in [-0.2, 0) is 15.2 Å². The molecule has 1 rings (SSSR count). The van der Waals surface area contributed by atoms with Crippen LogP contribution in [0.25, 0.3) is 0 Å². The van der Waals surface area contributed by atoms with Crippen LogP contribution >= 0.6 is 23.2 Å². The zero-order chi connectivity index (χ0) is 13.2. The number of nitrogens with one attached hydrogen (secondary N) is 1. The van der Waals surface area contributed by atoms with Gasteiger partial charge in [-0.3, -0.25) is 9.35 Å². The molecule has 6 nitrogen and oxygen atoms in total. The van der Waals surface area contributed by atoms with E-state index in [9.17, 15) is 13.2 Å². The van der Waals surface area contributed by atoms with Crippen LogP contribution in [0.1, 0.15) is 6.92 Å². The number of carbonyl (C=O) groups excluding carboxylic acids is 1. The molecule has 17 heavy (non-hydrogen) atoms. The van der Waals surface area contributed by atoms with E-state index in [0.29, 0.717) is 0 Å². The fourth-order valence-corrected chi connectivity index (χ4v) is 1.78. The van der Waals surface area contributed by atoms with Gasteiger partial charge in [0.15, 0.2) is 5.75 Å². The lowest BCUT2D eigenvalue weighted by atomic mass is 10.3. The lowest BCUT2D eigenvalue weighted by molar-refractivity contribution is -0.114. The van der Waals surface area contributed by atoms with Crippen molar-refractivity contribution in [3.05, 3.63) is 22.2 Å². The highest BCUT2D eigenvalue weighted by atomic mass is 35.5. The second kappa shape index (κ2) is 5.09. The molecule has 94 valence electrons. The molecule has 0 aromatic heterocycles. The summed E-state index contributed by atoms with van der Waals surface area (Å²) in [6, 6.07) is 2.42. The van der Waals surface area contributed by atoms with Gasteiger partial charge in [-0.15, -0.1) is 0 Å². The van der Waals surface area contributed by atoms with Gasteiger partial charge < -0.3 is 9.50 Å². The molecule has 0 radical (unpaired) electrons. The number of benzene rings is 1. The van der Waals surface area contributed by atoms with E-state index < -0.39 is 10.4 Å². The van der Waals surface area contributed by atoms with E-state index >= 15 is 0 Å². The molecule has 0 bridgehead atoms. The Morgan fingerprint density at radius 1 is 1.41 bits per heavy atom. The van der Waals surface area contributed by atoms with Crippen molar-refractivity contribution in [1.29, 1.82) is 0 Å². The number of halogens is 2. The quantitative estimate of drug-likeness (QED) is 0.834. The van der Waals surface area contributed by atoms with Crippen LogP contribution in [0, 0.1) is 0 Å². The number of hydrogen-bond donors (Lipinski definition) is 2. The van der Waals surface area contributed by atoms with Crippen molar-refractivity contribution >= 4 is 45.2 Å². The zero-order valence-corrected chi connectivity index (χ0v) is 10.7. The molecule has 0 aliphatic rings. The molecule has 1 aromatic carbocycles. The summed E-state index contributed by atoms with van der Waals surface area (Å²) < 4.78 is 33.8. The summed E-state index contributed by atoms with van der Waals surface area (Å²) in [5, 5.41) is 2.13. The Bertz CT molecular complexity index is 557. The lowest BCUT2D eigenvalue weighted by Crippen LogP contribution is -2.09. The minimum atomic E-state index is -4.72. The average Bonchev–Trinajstić information content (AvgIpc) is 2.09. The monoisotopic (exact) mass is 299 g/mol. The van der Waals surface area contributed by atoms with Crippen molar-refractivity contribution in [2.75, 3.05) is 5.32 Å². The van der Waals surface area contributed by atoms with Gasteiger partial charge in [-0.05, 0) is 6.07 Å². The highest BCUT2D eigenvalue weighted by molar-refractivity contribution is 7.81. The molecule has 0 saturated carbocycles. The number of hydrogen-bond acceptors (Lipinski definition) is 4. The summed E-state index contributed by atoms with van der Waals surface area (Å²) >= 11 is 11.4. The molecular weight excluding hydrogens is 293 g/mol. The number of amides is 1. The van der Waals surface area contributed by atoms with Gasteiger partial charge in [0, 0.05) is 18.7 Å². The Kier molecular flexibility index (Phi) is 4.21. The highest BCUT2D eigenvalue weighted by Gasteiger charge is 2.15. The van der Waals surface area contributed by atoms with Crippen LogP contribution < -0.4 is 9.50 Å². The van der Waals surface area contributed by atoms with Gasteiger partial charge >= 0.3 is 10.4 Å². The third kappa shape index (κ3) is 4.39. The van der Waals surface area contributed by atoms with Crippen LogP contribution in [0.4, 0.5) is 5.69 Å². The largest absolute Gasteiger partial charge is 0.446 e. The van der Waals surface area contributed by atoms with Gasteiger partial charge in [0.05, 0.1) is 5.02 Å². The standard InChI is InChI=1S/C8H7Cl2NO5S/c1-4(12)11-5-2-6(9)8(10)7(3-5)16-17(13,14)15/h2-3H,1H3,(H,11,12)(H,13,14,15). The Labute approximate surface area is 107 Å². The number of carbonyl (C=O) groups is 1. The van der Waals surface area contributed by atoms with Gasteiger partial charge in [-0.2, -0.15) is 8.42 Å². The summed E-state index contributed by atoms with van der Waals surface area (Å²) in [5.41, 5.74) is 0.186. The molecule has 0 saturated heterocycles. The van der Waals surface area contributed by atoms with Gasteiger partial charge in [0.2, 0.25) is 5.91 Å². The van der Waals surface area contributed by atoms with E-state index in [2.05, 4.69) is 9.50 Å². The molecule has 0 heterocycles. The van der Waals surface area contributed by atoms with Crippen molar-refractivity contribution in [2.45, 2.75) is 6.92 Å². The van der Waals surface area contributed by atoms with E-state index in [-0.39, 0.29) is 27.4 Å². The van der Waals surface area contributed by atoms with Crippen molar-refractivity contribution in [1.82, 2.24) is 0 Å². The molecular formula is C8H7Cl2NO5S. The zero-order valence-electron chi connectivity index (χ0n) is 8.40. The first kappa shape index (κ1) is 14.0. The maximum absolute atomic E-state index is 10.8. The van der Waals surface area contributed by atoms with Gasteiger partial charge in [0.1, 0.15) is 5.02 Å². The van der Waals surface area contributed by atoms with Crippen LogP contribution in [0.5, 0.6) is 5.75 Å². The molecule has 0 aliphatic carbocycles. The summed E-state index contributed by atoms with van der Waals surface area (Å²) in [4.78, 5) is 10.8. The van der Waals surface area contributed by atoms with Crippen molar-refractivity contribution in [2.24, 2.45) is 0 Å². The summed E-state index contributed by atoms with van der Waals surface area (Å²) in [6.45, 7) is 1.26. The predicted molar refractivity (Wildman–Crippen MR) is 62.9 cm³/mol. The maximum Gasteiger partial charge on any atom is 0.446 e. The van der Waals surface area contributed by atoms with Gasteiger partial charge in [0.25, 0.3) is 0 Å². The third-order valence-electron chi connectivity index (χ3n) is 1.51. The van der Waals surface area contributed by atoms with Crippen LogP contribution in [-0.4, -0.2) is 18.9 Å². The fourth-order valence-electron chi connectivity index (χ4n) is 1.01. The Morgan fingerprint density at radius 3 is 2.47 bits per heavy atom. The van der Waals surface area contributed by atoms with Gasteiger partial charge in [-0.25, -0.2) is 0 Å². The fraction of sp³-hybridized carbons (Fsp3) is 0.125. The Balaban J connectivity index is 3.20. The van der Waals surface area contributed by atoms with Crippen LogP contribution in [0.2, 0.25) is 10.0 Å². The SMILES string of the molecule is CC(=O)Nc1cc(Cl)c(Cl)c(OS(=O)(=O)O)c1. The molecule has 0 aliphatic heterocycles. The van der Waals surface area contributed by atoms with Crippen LogP contribution in [0.3, 0.4) is 0 Å². The summed E-state index contributed by atoms with van der Waals surface area (Å²) in [5.74, 6) is -0.772. The molecule has 1 aromatic rings. The van der Waals surface area contributed by atoms with E-state index in [4.69, 9.17) is 27.8 Å². The highest BCUT2D eigenvalue weighted by Crippen LogP contribution is 2.35. The molecule has 0 spiro atoms. The van der Waals surface area contributed by atoms with Crippen molar-refractivity contribution in [3.63, 3.8) is 0 Å². The lowest BCUT2D eigenvalue weighted by Gasteiger charge is -2.09. The molecule has 9 heteroatoms. The number of rotatable bonds is 3. The minimum absolute atomic E-state index is 0.0310. The molecule has 0 unspecified atom stereocenters. The van der Waals surface area contributed by atoms with Crippen molar-refractivity contribution < 1.29 is 21.9 Å². The second-order valence-electron chi connectivity index (χ2n) is 2.96. The van der Waals surface area contributed by atoms with E-state index in [1.54, 1.807) is 0 Å². The first-order valence-electron chi connectivity index (χ1n) is 4.12. The van der Waals surface area contributed by atoms with E-state index in [1.807, 2.05) is 0 Å². The predicted octanol–water partition coefficient (Wildman–Crippen LogP) is 2.13. The molecule has 0 fully saturated rings. The third-order valence-corrected chi connectivity index (χ3v) is 2.69. The first-order valence-corrected chi connectivity index (χ1v) is 6.24. The van der Waals surface area contributed by atoms with Gasteiger partial charge in [-0.1, -0.05) is 23.2 Å². The maximum atomic E-state index is 10.8. The summed E-state index contributed by atoms with van der Waals surface area (Å²) in [7, 11) is -4.72. The second-order valence-corrected chi connectivity index (χ2v) is 4.77. The Morgan fingerprint density at radius 2 is 2.00 bits per heavy atom. The topological polar surface area (TPSA) is 92.7 Å². The van der Waals surface area contributed by atoms with E-state index in [0.717, 1.165) is 6.07 Å². The smallest absolute Gasteiger partial charge is 0.360 e. The molecule has 1 amide bonds. The first-order chi connectivity index (χ1) is 7.69. The van der Waals surface area contributed by atoms with Crippen LogP contribution in [0.15, 0.2) is 12.1 Å². The summed E-state index contributed by atoms with van der Waals surface area (Å²) in [6.07, 6.45) is 0. The number of anilines is 1. The minimum Gasteiger partial charge on any atom is -0.360 e. The molecule has 2 N–H and O–H groups in total. The van der Waals surface area contributed by atoms with E-state index in [1.165, 1.54) is 13.0 Å². The normalized spacial score (nSPS) is 11.1. The molecule has 0 atom stereocenters. The average molecular weight is 300 g/mol.